The molecule has 1 aliphatic rings. The van der Waals surface area contributed by atoms with E-state index in [1.54, 1.807) is 0 Å². The Morgan fingerprint density at radius 3 is 2.43 bits per heavy atom. The summed E-state index contributed by atoms with van der Waals surface area (Å²) in [5.41, 5.74) is 2.70. The Balaban J connectivity index is 0.00000220. The lowest BCUT2D eigenvalue weighted by atomic mass is 9.99. The fourth-order valence-corrected chi connectivity index (χ4v) is 2.63. The van der Waals surface area contributed by atoms with E-state index in [9.17, 15) is 0 Å². The Hall–Kier alpha value is -0.780. The molecule has 1 aromatic carbocycles. The molecule has 2 rings (SSSR count). The second-order valence-electron chi connectivity index (χ2n) is 5.88. The SMILES string of the molecule is CN=C(NCCc1ccc(C)cc1)N1CCC(C)CC1.I. The third-order valence-electron chi connectivity index (χ3n) is 4.11. The summed E-state index contributed by atoms with van der Waals surface area (Å²) in [4.78, 5) is 6.80. The van der Waals surface area contributed by atoms with Crippen molar-refractivity contribution >= 4 is 29.9 Å². The molecule has 1 heterocycles. The molecule has 1 N–H and O–H groups in total. The molecule has 0 saturated carbocycles. The number of halogens is 1. The second kappa shape index (κ2) is 9.28. The largest absolute Gasteiger partial charge is 0.356 e. The number of guanidine groups is 1. The van der Waals surface area contributed by atoms with Gasteiger partial charge in [0.15, 0.2) is 5.96 Å². The second-order valence-corrected chi connectivity index (χ2v) is 5.88. The summed E-state index contributed by atoms with van der Waals surface area (Å²) in [6, 6.07) is 8.77. The van der Waals surface area contributed by atoms with Crippen molar-refractivity contribution in [2.45, 2.75) is 33.1 Å². The highest BCUT2D eigenvalue weighted by Crippen LogP contribution is 2.15. The third-order valence-corrected chi connectivity index (χ3v) is 4.11. The predicted octanol–water partition coefficient (Wildman–Crippen LogP) is 3.46. The van der Waals surface area contributed by atoms with Crippen LogP contribution in [0.2, 0.25) is 0 Å². The quantitative estimate of drug-likeness (QED) is 0.477. The Morgan fingerprint density at radius 2 is 1.86 bits per heavy atom. The summed E-state index contributed by atoms with van der Waals surface area (Å²) >= 11 is 0. The monoisotopic (exact) mass is 401 g/mol. The van der Waals surface area contributed by atoms with Gasteiger partial charge in [0.2, 0.25) is 0 Å². The van der Waals surface area contributed by atoms with Crippen LogP contribution in [0.4, 0.5) is 0 Å². The maximum absolute atomic E-state index is 4.41. The minimum absolute atomic E-state index is 0. The van der Waals surface area contributed by atoms with Gasteiger partial charge >= 0.3 is 0 Å². The zero-order chi connectivity index (χ0) is 14.4. The third kappa shape index (κ3) is 5.85. The van der Waals surface area contributed by atoms with E-state index < -0.39 is 0 Å². The van der Waals surface area contributed by atoms with Crippen molar-refractivity contribution in [3.63, 3.8) is 0 Å². The molecule has 0 amide bonds. The molecule has 0 bridgehead atoms. The number of likely N-dealkylation sites (tertiary alicyclic amines) is 1. The molecule has 0 spiro atoms. The number of nitrogens with one attached hydrogen (secondary N) is 1. The van der Waals surface area contributed by atoms with Crippen LogP contribution in [-0.4, -0.2) is 37.5 Å². The van der Waals surface area contributed by atoms with Crippen LogP contribution >= 0.6 is 24.0 Å². The van der Waals surface area contributed by atoms with Gasteiger partial charge < -0.3 is 10.2 Å². The molecule has 1 aromatic rings. The first-order valence-electron chi connectivity index (χ1n) is 7.70. The molecule has 0 atom stereocenters. The van der Waals surface area contributed by atoms with Crippen molar-refractivity contribution in [1.29, 1.82) is 0 Å². The van der Waals surface area contributed by atoms with Gasteiger partial charge in [-0.1, -0.05) is 36.8 Å². The van der Waals surface area contributed by atoms with Gasteiger partial charge in [-0.2, -0.15) is 0 Å². The summed E-state index contributed by atoms with van der Waals surface area (Å²) < 4.78 is 0. The van der Waals surface area contributed by atoms with Crippen LogP contribution in [0.3, 0.4) is 0 Å². The molecular weight excluding hydrogens is 373 g/mol. The number of benzene rings is 1. The summed E-state index contributed by atoms with van der Waals surface area (Å²) in [6.45, 7) is 7.67. The van der Waals surface area contributed by atoms with E-state index >= 15 is 0 Å². The van der Waals surface area contributed by atoms with Gasteiger partial charge in [0.1, 0.15) is 0 Å². The van der Waals surface area contributed by atoms with E-state index in [1.807, 2.05) is 7.05 Å². The first-order valence-corrected chi connectivity index (χ1v) is 7.70. The van der Waals surface area contributed by atoms with E-state index in [-0.39, 0.29) is 24.0 Å². The van der Waals surface area contributed by atoms with Crippen LogP contribution < -0.4 is 5.32 Å². The van der Waals surface area contributed by atoms with Crippen molar-refractivity contribution < 1.29 is 0 Å². The van der Waals surface area contributed by atoms with E-state index in [1.165, 1.54) is 24.0 Å². The van der Waals surface area contributed by atoms with Crippen molar-refractivity contribution in [1.82, 2.24) is 10.2 Å². The lowest BCUT2D eigenvalue weighted by molar-refractivity contribution is 0.273. The first-order chi connectivity index (χ1) is 9.69. The zero-order valence-electron chi connectivity index (χ0n) is 13.4. The number of hydrogen-bond donors (Lipinski definition) is 1. The Bertz CT molecular complexity index is 434. The molecule has 21 heavy (non-hydrogen) atoms. The molecular formula is C17H28IN3. The molecule has 118 valence electrons. The van der Waals surface area contributed by atoms with Crippen molar-refractivity contribution in [3.8, 4) is 0 Å². The minimum atomic E-state index is 0. The summed E-state index contributed by atoms with van der Waals surface area (Å²) in [7, 11) is 1.88. The van der Waals surface area contributed by atoms with Gasteiger partial charge in [0.05, 0.1) is 0 Å². The normalized spacial score (nSPS) is 16.5. The van der Waals surface area contributed by atoms with E-state index in [2.05, 4.69) is 53.3 Å². The fraction of sp³-hybridized carbons (Fsp3) is 0.588. The number of aryl methyl sites for hydroxylation is 1. The van der Waals surface area contributed by atoms with Crippen LogP contribution in [0.5, 0.6) is 0 Å². The fourth-order valence-electron chi connectivity index (χ4n) is 2.63. The maximum Gasteiger partial charge on any atom is 0.193 e. The molecule has 0 aliphatic carbocycles. The van der Waals surface area contributed by atoms with E-state index in [0.29, 0.717) is 0 Å². The van der Waals surface area contributed by atoms with E-state index in [0.717, 1.165) is 37.9 Å². The van der Waals surface area contributed by atoms with E-state index in [4.69, 9.17) is 0 Å². The van der Waals surface area contributed by atoms with Crippen LogP contribution in [0.15, 0.2) is 29.3 Å². The van der Waals surface area contributed by atoms with Gasteiger partial charge in [0.25, 0.3) is 0 Å². The highest BCUT2D eigenvalue weighted by Gasteiger charge is 2.18. The van der Waals surface area contributed by atoms with Gasteiger partial charge in [0, 0.05) is 26.7 Å². The molecule has 1 fully saturated rings. The Labute approximate surface area is 146 Å². The van der Waals surface area contributed by atoms with Crippen molar-refractivity contribution in [2.24, 2.45) is 10.9 Å². The standard InChI is InChI=1S/C17H27N3.HI/c1-14-4-6-16(7-5-14)8-11-19-17(18-3)20-12-9-15(2)10-13-20;/h4-7,15H,8-13H2,1-3H3,(H,18,19);1H. The number of aliphatic imine (C=N–C) groups is 1. The van der Waals surface area contributed by atoms with Gasteiger partial charge in [-0.3, -0.25) is 4.99 Å². The average Bonchev–Trinajstić information content (AvgIpc) is 2.47. The number of piperidine rings is 1. The molecule has 1 saturated heterocycles. The Kier molecular flexibility index (Phi) is 8.07. The van der Waals surface area contributed by atoms with Crippen molar-refractivity contribution in [2.75, 3.05) is 26.7 Å². The van der Waals surface area contributed by atoms with Crippen LogP contribution in [0.25, 0.3) is 0 Å². The molecule has 0 aromatic heterocycles. The molecule has 3 nitrogen and oxygen atoms in total. The van der Waals surface area contributed by atoms with Crippen LogP contribution in [0, 0.1) is 12.8 Å². The van der Waals surface area contributed by atoms with Crippen LogP contribution in [0.1, 0.15) is 30.9 Å². The highest BCUT2D eigenvalue weighted by molar-refractivity contribution is 14.0. The van der Waals surface area contributed by atoms with Gasteiger partial charge in [-0.15, -0.1) is 24.0 Å². The summed E-state index contributed by atoms with van der Waals surface area (Å²) in [5, 5.41) is 3.49. The molecule has 1 aliphatic heterocycles. The molecule has 0 unspecified atom stereocenters. The number of nitrogens with zero attached hydrogens (tertiary/aromatic N) is 2. The minimum Gasteiger partial charge on any atom is -0.356 e. The zero-order valence-corrected chi connectivity index (χ0v) is 15.8. The Morgan fingerprint density at radius 1 is 1.24 bits per heavy atom. The average molecular weight is 401 g/mol. The van der Waals surface area contributed by atoms with Crippen LogP contribution in [-0.2, 0) is 6.42 Å². The number of hydrogen-bond acceptors (Lipinski definition) is 1. The molecule has 0 radical (unpaired) electrons. The van der Waals surface area contributed by atoms with Gasteiger partial charge in [-0.25, -0.2) is 0 Å². The highest BCUT2D eigenvalue weighted by atomic mass is 127. The summed E-state index contributed by atoms with van der Waals surface area (Å²) in [5.74, 6) is 1.92. The first kappa shape index (κ1) is 18.3. The smallest absolute Gasteiger partial charge is 0.193 e. The summed E-state index contributed by atoms with van der Waals surface area (Å²) in [6.07, 6.45) is 3.60. The van der Waals surface area contributed by atoms with Crippen molar-refractivity contribution in [3.05, 3.63) is 35.4 Å². The lowest BCUT2D eigenvalue weighted by Crippen LogP contribution is -2.45. The molecule has 4 heteroatoms. The maximum atomic E-state index is 4.41. The number of rotatable bonds is 3. The topological polar surface area (TPSA) is 27.6 Å². The lowest BCUT2D eigenvalue weighted by Gasteiger charge is -2.32. The predicted molar refractivity (Wildman–Crippen MR) is 102 cm³/mol. The van der Waals surface area contributed by atoms with Gasteiger partial charge in [-0.05, 0) is 37.7 Å².